The third-order valence-electron chi connectivity index (χ3n) is 1.30. The molecule has 0 aromatic heterocycles. The number of allylic oxidation sites excluding steroid dienone is 4. The Morgan fingerprint density at radius 3 is 2.00 bits per heavy atom. The average molecular weight is 143 g/mol. The van der Waals surface area contributed by atoms with Crippen molar-refractivity contribution in [1.29, 1.82) is 0 Å². The van der Waals surface area contributed by atoms with E-state index in [0.29, 0.717) is 5.03 Å². The molecular formula is C8H11Cl. The lowest BCUT2D eigenvalue weighted by Crippen LogP contribution is -1.77. The number of hydrogen-bond donors (Lipinski definition) is 0. The van der Waals surface area contributed by atoms with E-state index >= 15 is 0 Å². The van der Waals surface area contributed by atoms with Crippen LogP contribution >= 0.6 is 11.6 Å². The fourth-order valence-electron chi connectivity index (χ4n) is 0.367. The summed E-state index contributed by atoms with van der Waals surface area (Å²) in [6.45, 7) is 11.1. The summed E-state index contributed by atoms with van der Waals surface area (Å²) in [5.41, 5.74) is 2.08. The van der Waals surface area contributed by atoms with E-state index in [1.54, 1.807) is 6.08 Å². The largest absolute Gasteiger partial charge is 0.0988 e. The molecule has 0 atom stereocenters. The van der Waals surface area contributed by atoms with Gasteiger partial charge in [-0.3, -0.25) is 0 Å². The van der Waals surface area contributed by atoms with Crippen molar-refractivity contribution in [2.24, 2.45) is 0 Å². The highest BCUT2D eigenvalue weighted by molar-refractivity contribution is 6.31. The van der Waals surface area contributed by atoms with Gasteiger partial charge in [0.05, 0.1) is 0 Å². The van der Waals surface area contributed by atoms with Crippen molar-refractivity contribution in [3.05, 3.63) is 35.4 Å². The third-order valence-corrected chi connectivity index (χ3v) is 1.59. The minimum absolute atomic E-state index is 0.590. The Morgan fingerprint density at radius 2 is 1.89 bits per heavy atom. The Kier molecular flexibility index (Phi) is 3.33. The summed E-state index contributed by atoms with van der Waals surface area (Å²) in [4.78, 5) is 0. The van der Waals surface area contributed by atoms with Crippen LogP contribution in [0.5, 0.6) is 0 Å². The lowest BCUT2D eigenvalue weighted by molar-refractivity contribution is 1.37. The van der Waals surface area contributed by atoms with Gasteiger partial charge in [-0.05, 0) is 25.0 Å². The molecule has 0 aliphatic heterocycles. The van der Waals surface area contributed by atoms with E-state index in [-0.39, 0.29) is 0 Å². The van der Waals surface area contributed by atoms with Crippen LogP contribution in [0.4, 0.5) is 0 Å². The van der Waals surface area contributed by atoms with E-state index in [1.807, 2.05) is 13.8 Å². The van der Waals surface area contributed by atoms with Crippen LogP contribution < -0.4 is 0 Å². The SMILES string of the molecule is C=C/C(C)=C(/C)C(=C)Cl. The van der Waals surface area contributed by atoms with Crippen LogP contribution in [-0.2, 0) is 0 Å². The van der Waals surface area contributed by atoms with E-state index in [1.165, 1.54) is 0 Å². The standard InChI is InChI=1S/C8H11Cl/c1-5-6(2)7(3)8(4)9/h5H,1,4H2,2-3H3/b7-6-. The Morgan fingerprint density at radius 1 is 1.44 bits per heavy atom. The molecule has 0 spiro atoms. The first kappa shape index (κ1) is 8.51. The zero-order chi connectivity index (χ0) is 7.44. The van der Waals surface area contributed by atoms with E-state index in [0.717, 1.165) is 11.1 Å². The fourth-order valence-corrected chi connectivity index (χ4v) is 0.516. The highest BCUT2D eigenvalue weighted by Gasteiger charge is 1.93. The van der Waals surface area contributed by atoms with E-state index in [2.05, 4.69) is 13.2 Å². The molecule has 0 aromatic rings. The molecule has 0 amide bonds. The van der Waals surface area contributed by atoms with Crippen molar-refractivity contribution in [3.63, 3.8) is 0 Å². The van der Waals surface area contributed by atoms with Crippen LogP contribution in [0.25, 0.3) is 0 Å². The molecule has 0 aromatic carbocycles. The van der Waals surface area contributed by atoms with Gasteiger partial charge >= 0.3 is 0 Å². The summed E-state index contributed by atoms with van der Waals surface area (Å²) in [6, 6.07) is 0. The molecule has 0 aliphatic carbocycles. The average Bonchev–Trinajstić information content (AvgIpc) is 1.84. The Labute approximate surface area is 61.5 Å². The van der Waals surface area contributed by atoms with E-state index in [4.69, 9.17) is 11.6 Å². The van der Waals surface area contributed by atoms with E-state index in [9.17, 15) is 0 Å². The van der Waals surface area contributed by atoms with Crippen molar-refractivity contribution in [2.75, 3.05) is 0 Å². The zero-order valence-electron chi connectivity index (χ0n) is 5.87. The highest BCUT2D eigenvalue weighted by Crippen LogP contribution is 2.15. The van der Waals surface area contributed by atoms with Crippen LogP contribution in [0.2, 0.25) is 0 Å². The van der Waals surface area contributed by atoms with Gasteiger partial charge in [-0.25, -0.2) is 0 Å². The summed E-state index contributed by atoms with van der Waals surface area (Å²) in [7, 11) is 0. The van der Waals surface area contributed by atoms with Gasteiger partial charge in [0.15, 0.2) is 0 Å². The van der Waals surface area contributed by atoms with Crippen molar-refractivity contribution in [2.45, 2.75) is 13.8 Å². The normalized spacial score (nSPS) is 12.3. The molecule has 0 heterocycles. The molecule has 0 rings (SSSR count). The van der Waals surface area contributed by atoms with Gasteiger partial charge in [0.1, 0.15) is 0 Å². The van der Waals surface area contributed by atoms with Gasteiger partial charge in [0.25, 0.3) is 0 Å². The lowest BCUT2D eigenvalue weighted by Gasteiger charge is -1.98. The maximum Gasteiger partial charge on any atom is 0.0366 e. The molecule has 9 heavy (non-hydrogen) atoms. The first-order valence-electron chi connectivity index (χ1n) is 2.74. The first-order valence-corrected chi connectivity index (χ1v) is 3.12. The van der Waals surface area contributed by atoms with Crippen molar-refractivity contribution >= 4 is 11.6 Å². The van der Waals surface area contributed by atoms with E-state index < -0.39 is 0 Å². The molecule has 0 saturated heterocycles. The second kappa shape index (κ2) is 3.52. The number of halogens is 1. The number of rotatable bonds is 2. The predicted octanol–water partition coefficient (Wildman–Crippen LogP) is 3.26. The Bertz CT molecular complexity index is 163. The Hall–Kier alpha value is -0.490. The van der Waals surface area contributed by atoms with Crippen molar-refractivity contribution in [3.8, 4) is 0 Å². The molecule has 50 valence electrons. The molecule has 0 unspecified atom stereocenters. The quantitative estimate of drug-likeness (QED) is 0.520. The Balaban J connectivity index is 4.47. The maximum absolute atomic E-state index is 5.60. The van der Waals surface area contributed by atoms with Gasteiger partial charge in [0, 0.05) is 5.03 Å². The van der Waals surface area contributed by atoms with Gasteiger partial charge in [0.2, 0.25) is 0 Å². The molecule has 0 nitrogen and oxygen atoms in total. The maximum atomic E-state index is 5.60. The summed E-state index contributed by atoms with van der Waals surface area (Å²) in [5.74, 6) is 0. The summed E-state index contributed by atoms with van der Waals surface area (Å²) >= 11 is 5.60. The van der Waals surface area contributed by atoms with Crippen LogP contribution in [0.3, 0.4) is 0 Å². The highest BCUT2D eigenvalue weighted by atomic mass is 35.5. The molecule has 0 saturated carbocycles. The summed E-state index contributed by atoms with van der Waals surface area (Å²) in [6.07, 6.45) is 1.77. The molecule has 1 heteroatoms. The van der Waals surface area contributed by atoms with Crippen LogP contribution in [-0.4, -0.2) is 0 Å². The first-order chi connectivity index (χ1) is 4.09. The van der Waals surface area contributed by atoms with Crippen molar-refractivity contribution < 1.29 is 0 Å². The smallest absolute Gasteiger partial charge is 0.0366 e. The summed E-state index contributed by atoms with van der Waals surface area (Å²) in [5, 5.41) is 0.590. The van der Waals surface area contributed by atoms with Gasteiger partial charge in [-0.2, -0.15) is 0 Å². The van der Waals surface area contributed by atoms with Crippen LogP contribution in [0, 0.1) is 0 Å². The van der Waals surface area contributed by atoms with Crippen LogP contribution in [0.15, 0.2) is 35.4 Å². The molecular weight excluding hydrogens is 132 g/mol. The molecule has 0 N–H and O–H groups in total. The molecule has 0 radical (unpaired) electrons. The van der Waals surface area contributed by atoms with Gasteiger partial charge in [-0.15, -0.1) is 0 Å². The molecule has 0 aliphatic rings. The second-order valence-corrected chi connectivity index (χ2v) is 2.37. The zero-order valence-corrected chi connectivity index (χ0v) is 6.63. The minimum Gasteiger partial charge on any atom is -0.0988 e. The minimum atomic E-state index is 0.590. The third kappa shape index (κ3) is 2.52. The van der Waals surface area contributed by atoms with Gasteiger partial charge in [-0.1, -0.05) is 30.8 Å². The lowest BCUT2D eigenvalue weighted by atomic mass is 10.1. The second-order valence-electron chi connectivity index (χ2n) is 1.92. The summed E-state index contributed by atoms with van der Waals surface area (Å²) < 4.78 is 0. The topological polar surface area (TPSA) is 0 Å². The van der Waals surface area contributed by atoms with Gasteiger partial charge < -0.3 is 0 Å². The van der Waals surface area contributed by atoms with Crippen LogP contribution in [0.1, 0.15) is 13.8 Å². The number of hydrogen-bond acceptors (Lipinski definition) is 0. The molecule has 0 fully saturated rings. The molecule has 0 bridgehead atoms. The monoisotopic (exact) mass is 142 g/mol. The van der Waals surface area contributed by atoms with Crippen molar-refractivity contribution in [1.82, 2.24) is 0 Å². The predicted molar refractivity (Wildman–Crippen MR) is 43.6 cm³/mol. The fraction of sp³-hybridized carbons (Fsp3) is 0.250.